The van der Waals surface area contributed by atoms with Crippen molar-refractivity contribution in [3.05, 3.63) is 79.2 Å². The molecule has 4 aliphatic rings. The monoisotopic (exact) mass is 610 g/mol. The summed E-state index contributed by atoms with van der Waals surface area (Å²) in [6.07, 6.45) is 9.78. The van der Waals surface area contributed by atoms with E-state index in [1.165, 1.54) is 19.8 Å². The lowest BCUT2D eigenvalue weighted by Crippen LogP contribution is -2.37. The highest BCUT2D eigenvalue weighted by atomic mass is 16.5. The minimum Gasteiger partial charge on any atom is -0.469 e. The number of fused-ring (bicyclic) bond motifs is 8. The number of nitrogens with one attached hydrogen (secondary N) is 4. The molecule has 45 heavy (non-hydrogen) atoms. The first-order valence-corrected chi connectivity index (χ1v) is 15.7. The van der Waals surface area contributed by atoms with Crippen LogP contribution in [0.15, 0.2) is 34.8 Å². The molecule has 0 aromatic carbocycles. The summed E-state index contributed by atoms with van der Waals surface area (Å²) in [5, 5.41) is 9.29. The topological polar surface area (TPSA) is 125 Å². The lowest BCUT2D eigenvalue weighted by atomic mass is 9.80. The summed E-state index contributed by atoms with van der Waals surface area (Å²) in [7, 11) is 2.71. The van der Waals surface area contributed by atoms with Crippen LogP contribution in [0.5, 0.6) is 0 Å². The SMILES string of the molecule is C=Cc1c2[nH]c(c1C)/C=C1\NC(C3=C4NC(=C(C)[C@H]4C(=O)[C@@H]3C(=O)OC)/C=c3\[nH]/c(c(C)c3CC)=C\2)[C@@H](CCC(=O)OC)[C@@H]1C. The van der Waals surface area contributed by atoms with Crippen molar-refractivity contribution in [2.24, 2.45) is 23.7 Å². The molecule has 9 heteroatoms. The van der Waals surface area contributed by atoms with E-state index in [1.54, 1.807) is 0 Å². The Hall–Kier alpha value is -4.53. The van der Waals surface area contributed by atoms with E-state index in [0.29, 0.717) is 12.0 Å². The molecule has 6 rings (SSSR count). The molecule has 0 saturated carbocycles. The number of methoxy groups -OCH3 is 2. The van der Waals surface area contributed by atoms with Crippen LogP contribution in [-0.2, 0) is 30.3 Å². The van der Waals surface area contributed by atoms with Crippen molar-refractivity contribution in [1.29, 1.82) is 0 Å². The number of rotatable bonds is 6. The molecule has 1 fully saturated rings. The standard InChI is InChI=1S/C36H42N4O5/c1-9-20-16(3)23-13-25-18(5)22(11-12-29(41)44-7)33(39-25)31-32(36(43)45-8)35(42)30-19(6)26(40-34(30)31)15-28-21(10-2)17(4)24(38-28)14-27(20)37-23/h9,13-15,18,22,30,32-33,37-40H,1,10-12H2,2-8H3/b24-14-,25-13-,28-15-/t18-,22-,30+,32+,33?/m0/s1. The summed E-state index contributed by atoms with van der Waals surface area (Å²) < 4.78 is 10.2. The molecular formula is C36H42N4O5. The fraction of sp³-hybridized carbons (Fsp3) is 0.417. The summed E-state index contributed by atoms with van der Waals surface area (Å²) in [5.41, 5.74) is 10.4. The van der Waals surface area contributed by atoms with Gasteiger partial charge in [0.2, 0.25) is 0 Å². The van der Waals surface area contributed by atoms with Crippen molar-refractivity contribution >= 4 is 42.0 Å². The zero-order chi connectivity index (χ0) is 32.3. The average Bonchev–Trinajstić information content (AvgIpc) is 3.76. The summed E-state index contributed by atoms with van der Waals surface area (Å²) in [6, 6.07) is -0.387. The molecule has 0 radical (unpaired) electrons. The van der Waals surface area contributed by atoms with Crippen LogP contribution >= 0.6 is 0 Å². The van der Waals surface area contributed by atoms with E-state index >= 15 is 0 Å². The summed E-state index contributed by atoms with van der Waals surface area (Å²) in [5.74, 6) is -2.79. The van der Waals surface area contributed by atoms with E-state index < -0.39 is 17.8 Å². The van der Waals surface area contributed by atoms with Gasteiger partial charge >= 0.3 is 11.9 Å². The van der Waals surface area contributed by atoms with Gasteiger partial charge < -0.3 is 30.1 Å². The Morgan fingerprint density at radius 3 is 2.42 bits per heavy atom. The number of aromatic nitrogens is 2. The number of Topliss-reactive ketones (excluding diaryl/α,β-unsaturated/α-hetero) is 1. The van der Waals surface area contributed by atoms with Crippen LogP contribution in [0.4, 0.5) is 0 Å². The Morgan fingerprint density at radius 2 is 1.76 bits per heavy atom. The third-order valence-electron chi connectivity index (χ3n) is 10.4. The minimum atomic E-state index is -1.05. The van der Waals surface area contributed by atoms with Gasteiger partial charge in [-0.25, -0.2) is 0 Å². The van der Waals surface area contributed by atoms with Gasteiger partial charge in [0.25, 0.3) is 0 Å². The van der Waals surface area contributed by atoms with Crippen molar-refractivity contribution < 1.29 is 23.9 Å². The Bertz CT molecular complexity index is 1870. The lowest BCUT2D eigenvalue weighted by Gasteiger charge is -2.26. The maximum Gasteiger partial charge on any atom is 0.320 e. The van der Waals surface area contributed by atoms with Gasteiger partial charge in [-0.1, -0.05) is 26.5 Å². The second-order valence-electron chi connectivity index (χ2n) is 12.6. The van der Waals surface area contributed by atoms with E-state index in [1.807, 2.05) is 13.0 Å². The smallest absolute Gasteiger partial charge is 0.320 e. The van der Waals surface area contributed by atoms with Crippen molar-refractivity contribution in [2.75, 3.05) is 14.2 Å². The summed E-state index contributed by atoms with van der Waals surface area (Å²) in [4.78, 5) is 47.0. The van der Waals surface area contributed by atoms with Crippen LogP contribution in [0.25, 0.3) is 24.3 Å². The number of hydrogen-bond donors (Lipinski definition) is 4. The van der Waals surface area contributed by atoms with Gasteiger partial charge in [-0.15, -0.1) is 0 Å². The number of esters is 2. The van der Waals surface area contributed by atoms with Crippen LogP contribution in [0, 0.1) is 37.5 Å². The number of ether oxygens (including phenoxy) is 2. The predicted molar refractivity (Wildman–Crippen MR) is 173 cm³/mol. The highest BCUT2D eigenvalue weighted by Crippen LogP contribution is 2.49. The quantitative estimate of drug-likeness (QED) is 0.292. The molecule has 9 nitrogen and oxygen atoms in total. The maximum absolute atomic E-state index is 14.1. The van der Waals surface area contributed by atoms with Crippen LogP contribution in [0.2, 0.25) is 0 Å². The van der Waals surface area contributed by atoms with Crippen LogP contribution < -0.4 is 21.3 Å². The summed E-state index contributed by atoms with van der Waals surface area (Å²) in [6.45, 7) is 14.5. The Kier molecular flexibility index (Phi) is 7.75. The van der Waals surface area contributed by atoms with E-state index in [9.17, 15) is 14.4 Å². The highest BCUT2D eigenvalue weighted by molar-refractivity contribution is 6.09. The molecule has 3 aliphatic heterocycles. The molecule has 8 bridgehead atoms. The third kappa shape index (κ3) is 4.71. The van der Waals surface area contributed by atoms with Gasteiger partial charge in [0.05, 0.1) is 26.2 Å². The zero-order valence-corrected chi connectivity index (χ0v) is 27.1. The molecule has 5 atom stereocenters. The first-order valence-electron chi connectivity index (χ1n) is 15.7. The molecule has 4 N–H and O–H groups in total. The summed E-state index contributed by atoms with van der Waals surface area (Å²) >= 11 is 0. The average molecular weight is 611 g/mol. The number of aromatic amines is 2. The second kappa shape index (κ2) is 11.4. The Labute approximate surface area is 263 Å². The number of hydrogen-bond acceptors (Lipinski definition) is 7. The van der Waals surface area contributed by atoms with E-state index in [2.05, 4.69) is 73.1 Å². The van der Waals surface area contributed by atoms with Crippen molar-refractivity contribution in [3.8, 4) is 0 Å². The number of allylic oxidation sites excluding steroid dienone is 3. The van der Waals surface area contributed by atoms with E-state index in [0.717, 1.165) is 67.9 Å². The van der Waals surface area contributed by atoms with E-state index in [-0.39, 0.29) is 36.1 Å². The number of carbonyl (C=O) groups excluding carboxylic acids is 3. The Balaban J connectivity index is 1.65. The first-order chi connectivity index (χ1) is 21.5. The van der Waals surface area contributed by atoms with Gasteiger partial charge in [-0.2, -0.15) is 0 Å². The molecule has 5 heterocycles. The Morgan fingerprint density at radius 1 is 1.00 bits per heavy atom. The van der Waals surface area contributed by atoms with Crippen molar-refractivity contribution in [1.82, 2.24) is 20.6 Å². The highest BCUT2D eigenvalue weighted by Gasteiger charge is 2.54. The van der Waals surface area contributed by atoms with Gasteiger partial charge in [0.15, 0.2) is 5.78 Å². The number of ketones is 1. The van der Waals surface area contributed by atoms with Crippen LogP contribution in [0.1, 0.15) is 67.3 Å². The van der Waals surface area contributed by atoms with Gasteiger partial charge in [0, 0.05) is 57.1 Å². The largest absolute Gasteiger partial charge is 0.469 e. The van der Waals surface area contributed by atoms with Crippen LogP contribution in [0.3, 0.4) is 0 Å². The molecule has 1 saturated heterocycles. The molecule has 2 aromatic heterocycles. The van der Waals surface area contributed by atoms with Crippen molar-refractivity contribution in [2.45, 2.75) is 59.9 Å². The molecule has 0 spiro atoms. The number of H-pyrrole nitrogens is 2. The van der Waals surface area contributed by atoms with E-state index in [4.69, 9.17) is 9.47 Å². The third-order valence-corrected chi connectivity index (χ3v) is 10.4. The first kappa shape index (κ1) is 30.5. The molecule has 0 amide bonds. The fourth-order valence-corrected chi connectivity index (χ4v) is 7.86. The predicted octanol–water partition coefficient (Wildman–Crippen LogP) is 3.43. The van der Waals surface area contributed by atoms with Gasteiger partial charge in [0.1, 0.15) is 5.92 Å². The van der Waals surface area contributed by atoms with Crippen LogP contribution in [-0.4, -0.2) is 48.0 Å². The second-order valence-corrected chi connectivity index (χ2v) is 12.6. The number of carbonyl (C=O) groups is 3. The molecule has 1 aliphatic carbocycles. The molecular weight excluding hydrogens is 568 g/mol. The maximum atomic E-state index is 14.1. The minimum absolute atomic E-state index is 0.0143. The normalized spacial score (nSPS) is 27.6. The lowest BCUT2D eigenvalue weighted by molar-refractivity contribution is -0.148. The molecule has 1 unspecified atom stereocenters. The molecule has 236 valence electrons. The van der Waals surface area contributed by atoms with Gasteiger partial charge in [-0.05, 0) is 85.6 Å². The van der Waals surface area contributed by atoms with Gasteiger partial charge in [-0.3, -0.25) is 14.4 Å². The molecule has 2 aromatic rings. The zero-order valence-electron chi connectivity index (χ0n) is 27.1. The fourth-order valence-electron chi connectivity index (χ4n) is 7.86. The van der Waals surface area contributed by atoms with Crippen molar-refractivity contribution in [3.63, 3.8) is 0 Å².